The molecule has 4 heterocycles. The Hall–Kier alpha value is -3.95. The van der Waals surface area contributed by atoms with Crippen LogP contribution in [-0.2, 0) is 6.42 Å². The molecular weight excluding hydrogens is 510 g/mol. The molecule has 2 aliphatic rings. The number of likely N-dealkylation sites (N-methyl/N-ethyl adjacent to an activating group) is 1. The van der Waals surface area contributed by atoms with E-state index in [1.54, 1.807) is 11.1 Å². The van der Waals surface area contributed by atoms with Crippen LogP contribution in [-0.4, -0.2) is 48.0 Å². The maximum atomic E-state index is 13.5. The van der Waals surface area contributed by atoms with E-state index >= 15 is 0 Å². The van der Waals surface area contributed by atoms with Gasteiger partial charge in [0.15, 0.2) is 0 Å². The molecule has 200 valence electrons. The van der Waals surface area contributed by atoms with Gasteiger partial charge in [-0.05, 0) is 81.2 Å². The van der Waals surface area contributed by atoms with Crippen molar-refractivity contribution in [2.75, 3.05) is 30.4 Å². The van der Waals surface area contributed by atoms with Crippen molar-refractivity contribution in [1.29, 1.82) is 0 Å². The van der Waals surface area contributed by atoms with E-state index in [4.69, 9.17) is 4.74 Å². The third-order valence-electron chi connectivity index (χ3n) is 7.40. The molecule has 2 aromatic carbocycles. The van der Waals surface area contributed by atoms with Crippen molar-refractivity contribution in [3.05, 3.63) is 70.7 Å². The summed E-state index contributed by atoms with van der Waals surface area (Å²) in [6, 6.07) is 15.3. The molecule has 2 aliphatic heterocycles. The number of carbonyl (C=O) groups is 2. The van der Waals surface area contributed by atoms with E-state index in [1.165, 1.54) is 11.3 Å². The monoisotopic (exact) mass is 541 g/mol. The highest BCUT2D eigenvalue weighted by Crippen LogP contribution is 2.46. The third kappa shape index (κ3) is 4.72. The highest BCUT2D eigenvalue weighted by molar-refractivity contribution is 7.21. The molecule has 0 saturated carbocycles. The first-order chi connectivity index (χ1) is 18.9. The second-order valence-electron chi connectivity index (χ2n) is 10.2. The minimum Gasteiger partial charge on any atom is -0.457 e. The number of benzene rings is 2. The molecule has 6 rings (SSSR count). The fourth-order valence-electron chi connectivity index (χ4n) is 5.48. The van der Waals surface area contributed by atoms with Gasteiger partial charge in [0.25, 0.3) is 5.91 Å². The van der Waals surface area contributed by atoms with Crippen molar-refractivity contribution in [2.45, 2.75) is 39.2 Å². The molecule has 3 amide bonds. The molecule has 0 spiro atoms. The van der Waals surface area contributed by atoms with Gasteiger partial charge in [0.1, 0.15) is 21.2 Å². The van der Waals surface area contributed by atoms with E-state index in [9.17, 15) is 9.59 Å². The van der Waals surface area contributed by atoms with Gasteiger partial charge >= 0.3 is 6.03 Å². The fraction of sp³-hybridized carbons (Fsp3) is 0.300. The molecule has 2 N–H and O–H groups in total. The zero-order chi connectivity index (χ0) is 27.1. The number of aromatic nitrogens is 1. The van der Waals surface area contributed by atoms with Crippen molar-refractivity contribution in [1.82, 2.24) is 15.2 Å². The molecule has 9 heteroatoms. The van der Waals surface area contributed by atoms with Gasteiger partial charge in [-0.15, -0.1) is 11.3 Å². The number of amides is 3. The molecule has 1 saturated heterocycles. The quantitative estimate of drug-likeness (QED) is 0.292. The van der Waals surface area contributed by atoms with Crippen molar-refractivity contribution in [3.63, 3.8) is 0 Å². The minimum absolute atomic E-state index is 0.0876. The first-order valence-electron chi connectivity index (χ1n) is 13.3. The molecule has 1 atom stereocenters. The Morgan fingerprint density at radius 3 is 2.85 bits per heavy atom. The van der Waals surface area contributed by atoms with Gasteiger partial charge in [0.2, 0.25) is 0 Å². The zero-order valence-electron chi connectivity index (χ0n) is 22.3. The zero-order valence-corrected chi connectivity index (χ0v) is 23.1. The number of piperidine rings is 1. The molecule has 0 aliphatic carbocycles. The maximum absolute atomic E-state index is 13.5. The predicted molar refractivity (Wildman–Crippen MR) is 156 cm³/mol. The fourth-order valence-corrected chi connectivity index (χ4v) is 6.51. The van der Waals surface area contributed by atoms with Crippen LogP contribution in [0.4, 0.5) is 21.9 Å². The molecule has 1 unspecified atom stereocenters. The highest BCUT2D eigenvalue weighted by Gasteiger charge is 2.34. The summed E-state index contributed by atoms with van der Waals surface area (Å²) >= 11 is 1.31. The average Bonchev–Trinajstić information content (AvgIpc) is 3.29. The Bertz CT molecular complexity index is 1580. The first kappa shape index (κ1) is 25.3. The van der Waals surface area contributed by atoms with Crippen LogP contribution in [0, 0.1) is 6.92 Å². The Morgan fingerprint density at radius 1 is 1.21 bits per heavy atom. The third-order valence-corrected chi connectivity index (χ3v) is 8.50. The number of rotatable bonds is 6. The molecule has 8 nitrogen and oxygen atoms in total. The molecular formula is C30H31N5O3S. The van der Waals surface area contributed by atoms with Gasteiger partial charge in [-0.3, -0.25) is 9.69 Å². The number of hydrogen-bond acceptors (Lipinski definition) is 6. The smallest absolute Gasteiger partial charge is 0.331 e. The number of urea groups is 1. The number of anilines is 3. The summed E-state index contributed by atoms with van der Waals surface area (Å²) in [4.78, 5) is 36.5. The summed E-state index contributed by atoms with van der Waals surface area (Å²) in [6.45, 7) is 5.92. The van der Waals surface area contributed by atoms with E-state index in [1.807, 2.05) is 49.4 Å². The van der Waals surface area contributed by atoms with E-state index < -0.39 is 0 Å². The van der Waals surface area contributed by atoms with Crippen LogP contribution in [0.5, 0.6) is 11.5 Å². The lowest BCUT2D eigenvalue weighted by atomic mass is 10.1. The number of likely N-dealkylation sites (tertiary alicyclic amines) is 1. The van der Waals surface area contributed by atoms with Gasteiger partial charge in [-0.2, -0.15) is 0 Å². The summed E-state index contributed by atoms with van der Waals surface area (Å²) < 4.78 is 6.19. The Labute approximate surface area is 231 Å². The number of ether oxygens (including phenoxy) is 1. The summed E-state index contributed by atoms with van der Waals surface area (Å²) in [5, 5.41) is 6.95. The number of thiophene rings is 1. The predicted octanol–water partition coefficient (Wildman–Crippen LogP) is 6.47. The van der Waals surface area contributed by atoms with Crippen molar-refractivity contribution >= 4 is 50.6 Å². The van der Waals surface area contributed by atoms with Gasteiger partial charge in [-0.25, -0.2) is 9.78 Å². The summed E-state index contributed by atoms with van der Waals surface area (Å²) in [5.41, 5.74) is 4.01. The number of pyridine rings is 1. The average molecular weight is 542 g/mol. The van der Waals surface area contributed by atoms with E-state index in [-0.39, 0.29) is 18.0 Å². The van der Waals surface area contributed by atoms with Crippen LogP contribution < -0.4 is 20.3 Å². The van der Waals surface area contributed by atoms with E-state index in [0.717, 1.165) is 60.3 Å². The lowest BCUT2D eigenvalue weighted by Crippen LogP contribution is -2.46. The van der Waals surface area contributed by atoms with Crippen LogP contribution >= 0.6 is 11.3 Å². The normalized spacial score (nSPS) is 17.3. The highest BCUT2D eigenvalue weighted by atomic mass is 32.1. The maximum Gasteiger partial charge on any atom is 0.331 e. The van der Waals surface area contributed by atoms with Crippen molar-refractivity contribution in [3.8, 4) is 11.5 Å². The lowest BCUT2D eigenvalue weighted by Gasteiger charge is -2.31. The summed E-state index contributed by atoms with van der Waals surface area (Å²) in [7, 11) is 2.07. The summed E-state index contributed by atoms with van der Waals surface area (Å²) in [5.74, 6) is 1.36. The molecule has 1 fully saturated rings. The number of nitrogens with one attached hydrogen (secondary N) is 2. The molecule has 0 bridgehead atoms. The first-order valence-corrected chi connectivity index (χ1v) is 14.1. The van der Waals surface area contributed by atoms with Crippen molar-refractivity contribution in [2.24, 2.45) is 0 Å². The van der Waals surface area contributed by atoms with Crippen LogP contribution in [0.3, 0.4) is 0 Å². The van der Waals surface area contributed by atoms with Crippen molar-refractivity contribution < 1.29 is 14.3 Å². The molecule has 39 heavy (non-hydrogen) atoms. The number of nitrogens with zero attached hydrogens (tertiary/aromatic N) is 3. The number of hydrogen-bond donors (Lipinski definition) is 2. The topological polar surface area (TPSA) is 86.8 Å². The van der Waals surface area contributed by atoms with E-state index in [2.05, 4.69) is 40.6 Å². The van der Waals surface area contributed by atoms with Gasteiger partial charge in [-0.1, -0.05) is 25.1 Å². The van der Waals surface area contributed by atoms with Crippen LogP contribution in [0.2, 0.25) is 0 Å². The lowest BCUT2D eigenvalue weighted by molar-refractivity contribution is 0.0917. The largest absolute Gasteiger partial charge is 0.457 e. The van der Waals surface area contributed by atoms with Gasteiger partial charge < -0.3 is 20.3 Å². The molecule has 2 aromatic heterocycles. The molecule has 0 radical (unpaired) electrons. The van der Waals surface area contributed by atoms with E-state index in [0.29, 0.717) is 26.8 Å². The SMILES string of the molecule is CCc1ccccc1Oc1ccc(N2C(=O)Nc3c(C(=O)NC4CCCN(C)C4)sc4nccc2c34)c(C)c1. The Balaban J connectivity index is 1.32. The second kappa shape index (κ2) is 10.3. The van der Waals surface area contributed by atoms with Crippen LogP contribution in [0.15, 0.2) is 54.7 Å². The number of para-hydroxylation sites is 1. The van der Waals surface area contributed by atoms with Gasteiger partial charge in [0, 0.05) is 18.8 Å². The second-order valence-corrected chi connectivity index (χ2v) is 11.2. The Kier molecular flexibility index (Phi) is 6.70. The van der Waals surface area contributed by atoms with Crippen LogP contribution in [0.25, 0.3) is 10.2 Å². The summed E-state index contributed by atoms with van der Waals surface area (Å²) in [6.07, 6.45) is 4.56. The van der Waals surface area contributed by atoms with Crippen LogP contribution in [0.1, 0.15) is 40.6 Å². The Morgan fingerprint density at radius 2 is 2.05 bits per heavy atom. The standard InChI is InChI=1S/C30H31N5O3S/c1-4-19-8-5-6-10-24(19)38-21-11-12-22(18(2)16-21)35-23-13-14-31-29-25(23)26(33-30(35)37)27(39-29)28(36)32-20-9-7-15-34(3)17-20/h5-6,8,10-14,16,20H,4,7,9,15,17H2,1-3H3,(H,32,36)(H,33,37). The number of aryl methyl sites for hydroxylation is 2. The minimum atomic E-state index is -0.312. The van der Waals surface area contributed by atoms with Gasteiger partial charge in [0.05, 0.1) is 22.4 Å². The number of carbonyl (C=O) groups excluding carboxylic acids is 2. The molecule has 4 aromatic rings.